The summed E-state index contributed by atoms with van der Waals surface area (Å²) in [6.07, 6.45) is 1.15. The van der Waals surface area contributed by atoms with E-state index >= 15 is 0 Å². The quantitative estimate of drug-likeness (QED) is 0.807. The van der Waals surface area contributed by atoms with Crippen molar-refractivity contribution < 1.29 is 14.4 Å². The number of ketones is 3. The van der Waals surface area contributed by atoms with Gasteiger partial charge < -0.3 is 0 Å². The molecule has 0 spiro atoms. The van der Waals surface area contributed by atoms with Gasteiger partial charge in [-0.15, -0.1) is 0 Å². The second-order valence-electron chi connectivity index (χ2n) is 5.02. The number of carbonyl (C=O) groups excluding carboxylic acids is 3. The smallest absolute Gasteiger partial charge is 0.190 e. The third-order valence-corrected chi connectivity index (χ3v) is 3.77. The van der Waals surface area contributed by atoms with Gasteiger partial charge in [0.25, 0.3) is 0 Å². The SMILES string of the molecule is O=C(CC1=CC(=O)c2ccccc2C1=O)c1cccc(Cl)c1. The largest absolute Gasteiger partial charge is 0.294 e. The first kappa shape index (κ1) is 14.4. The highest BCUT2D eigenvalue weighted by atomic mass is 35.5. The average Bonchev–Trinajstić information content (AvgIpc) is 2.52. The van der Waals surface area contributed by atoms with E-state index in [0.717, 1.165) is 0 Å². The van der Waals surface area contributed by atoms with Crippen LogP contribution in [0.15, 0.2) is 60.2 Å². The van der Waals surface area contributed by atoms with Gasteiger partial charge in [-0.25, -0.2) is 0 Å². The van der Waals surface area contributed by atoms with Gasteiger partial charge in [0.2, 0.25) is 0 Å². The fourth-order valence-electron chi connectivity index (χ4n) is 2.44. The van der Waals surface area contributed by atoms with E-state index in [9.17, 15) is 14.4 Å². The maximum absolute atomic E-state index is 12.4. The highest BCUT2D eigenvalue weighted by molar-refractivity contribution is 6.31. The van der Waals surface area contributed by atoms with E-state index in [4.69, 9.17) is 11.6 Å². The molecule has 0 aromatic heterocycles. The van der Waals surface area contributed by atoms with Crippen molar-refractivity contribution in [1.29, 1.82) is 0 Å². The predicted octanol–water partition coefficient (Wildman–Crippen LogP) is 3.92. The molecule has 4 heteroatoms. The van der Waals surface area contributed by atoms with Crippen LogP contribution in [0.4, 0.5) is 0 Å². The first-order valence-corrected chi connectivity index (χ1v) is 7.11. The van der Waals surface area contributed by atoms with Gasteiger partial charge >= 0.3 is 0 Å². The van der Waals surface area contributed by atoms with Crippen molar-refractivity contribution in [2.24, 2.45) is 0 Å². The zero-order valence-corrected chi connectivity index (χ0v) is 12.3. The molecule has 0 N–H and O–H groups in total. The standard InChI is InChI=1S/C18H11ClO3/c19-13-5-3-4-11(8-13)16(20)9-12-10-17(21)14-6-1-2-7-15(14)18(12)22/h1-8,10H,9H2. The Morgan fingerprint density at radius 2 is 1.68 bits per heavy atom. The molecule has 0 unspecified atom stereocenters. The van der Waals surface area contributed by atoms with Crippen molar-refractivity contribution in [3.05, 3.63) is 81.9 Å². The van der Waals surface area contributed by atoms with Crippen LogP contribution >= 0.6 is 11.6 Å². The Hall–Kier alpha value is -2.52. The second-order valence-corrected chi connectivity index (χ2v) is 5.46. The zero-order valence-electron chi connectivity index (χ0n) is 11.5. The van der Waals surface area contributed by atoms with Crippen molar-refractivity contribution in [2.45, 2.75) is 6.42 Å². The van der Waals surface area contributed by atoms with Gasteiger partial charge in [0.1, 0.15) is 0 Å². The minimum absolute atomic E-state index is 0.112. The summed E-state index contributed by atoms with van der Waals surface area (Å²) in [5.74, 6) is -0.760. The third-order valence-electron chi connectivity index (χ3n) is 3.53. The lowest BCUT2D eigenvalue weighted by molar-refractivity contribution is 0.0948. The van der Waals surface area contributed by atoms with Gasteiger partial charge in [-0.2, -0.15) is 0 Å². The van der Waals surface area contributed by atoms with E-state index in [2.05, 4.69) is 0 Å². The molecule has 108 valence electrons. The number of Topliss-reactive ketones (excluding diaryl/α,β-unsaturated/α-hetero) is 2. The van der Waals surface area contributed by atoms with Crippen LogP contribution in [-0.2, 0) is 0 Å². The molecule has 22 heavy (non-hydrogen) atoms. The van der Waals surface area contributed by atoms with E-state index in [1.165, 1.54) is 6.08 Å². The third kappa shape index (κ3) is 2.63. The van der Waals surface area contributed by atoms with E-state index < -0.39 is 0 Å². The highest BCUT2D eigenvalue weighted by Crippen LogP contribution is 2.24. The number of carbonyl (C=O) groups is 3. The van der Waals surface area contributed by atoms with Crippen LogP contribution in [0, 0.1) is 0 Å². The van der Waals surface area contributed by atoms with Gasteiger partial charge in [-0.3, -0.25) is 14.4 Å². The first-order valence-electron chi connectivity index (χ1n) is 6.73. The number of hydrogen-bond acceptors (Lipinski definition) is 3. The molecule has 1 aliphatic carbocycles. The molecule has 0 bridgehead atoms. The molecule has 3 rings (SSSR count). The Bertz CT molecular complexity index is 834. The van der Waals surface area contributed by atoms with E-state index in [1.807, 2.05) is 0 Å². The molecule has 2 aromatic rings. The van der Waals surface area contributed by atoms with Crippen LogP contribution in [0.1, 0.15) is 37.5 Å². The van der Waals surface area contributed by atoms with Crippen LogP contribution in [-0.4, -0.2) is 17.3 Å². The molecule has 0 radical (unpaired) electrons. The van der Waals surface area contributed by atoms with Crippen LogP contribution < -0.4 is 0 Å². The van der Waals surface area contributed by atoms with Crippen LogP contribution in [0.5, 0.6) is 0 Å². The molecule has 0 atom stereocenters. The van der Waals surface area contributed by atoms with Crippen molar-refractivity contribution in [3.63, 3.8) is 0 Å². The molecule has 0 saturated heterocycles. The second kappa shape index (κ2) is 5.70. The maximum atomic E-state index is 12.4. The lowest BCUT2D eigenvalue weighted by atomic mass is 9.87. The molecular formula is C18H11ClO3. The Morgan fingerprint density at radius 3 is 2.41 bits per heavy atom. The minimum Gasteiger partial charge on any atom is -0.294 e. The van der Waals surface area contributed by atoms with Gasteiger partial charge in [0.05, 0.1) is 0 Å². The number of hydrogen-bond donors (Lipinski definition) is 0. The van der Waals surface area contributed by atoms with Crippen molar-refractivity contribution >= 4 is 29.0 Å². The number of allylic oxidation sites excluding steroid dienone is 2. The van der Waals surface area contributed by atoms with Gasteiger partial charge in [0, 0.05) is 33.7 Å². The van der Waals surface area contributed by atoms with Crippen LogP contribution in [0.25, 0.3) is 0 Å². The molecule has 0 amide bonds. The average molecular weight is 311 g/mol. The number of benzene rings is 2. The van der Waals surface area contributed by atoms with Gasteiger partial charge in [-0.1, -0.05) is 48.0 Å². The zero-order chi connectivity index (χ0) is 15.7. The van der Waals surface area contributed by atoms with Gasteiger partial charge in [0.15, 0.2) is 17.3 Å². The molecule has 2 aromatic carbocycles. The Kier molecular flexibility index (Phi) is 3.73. The van der Waals surface area contributed by atoms with E-state index in [1.54, 1.807) is 48.5 Å². The summed E-state index contributed by atoms with van der Waals surface area (Å²) >= 11 is 5.86. The lowest BCUT2D eigenvalue weighted by Gasteiger charge is -2.14. The summed E-state index contributed by atoms with van der Waals surface area (Å²) in [6, 6.07) is 13.2. The molecule has 3 nitrogen and oxygen atoms in total. The molecule has 0 aliphatic heterocycles. The summed E-state index contributed by atoms with van der Waals surface area (Å²) in [4.78, 5) is 36.7. The maximum Gasteiger partial charge on any atom is 0.190 e. The topological polar surface area (TPSA) is 51.2 Å². The summed E-state index contributed by atoms with van der Waals surface area (Å²) in [6.45, 7) is 0. The van der Waals surface area contributed by atoms with Crippen molar-refractivity contribution in [1.82, 2.24) is 0 Å². The summed E-state index contributed by atoms with van der Waals surface area (Å²) in [7, 11) is 0. The lowest BCUT2D eigenvalue weighted by Crippen LogP contribution is -2.18. The van der Waals surface area contributed by atoms with Gasteiger partial charge in [-0.05, 0) is 18.2 Å². The summed E-state index contributed by atoms with van der Waals surface area (Å²) in [5.41, 5.74) is 1.37. The summed E-state index contributed by atoms with van der Waals surface area (Å²) in [5, 5.41) is 0.455. The number of fused-ring (bicyclic) bond motifs is 1. The van der Waals surface area contributed by atoms with Crippen molar-refractivity contribution in [2.75, 3.05) is 0 Å². The Labute approximate surface area is 132 Å². The minimum atomic E-state index is -0.273. The molecule has 0 saturated carbocycles. The molecule has 0 heterocycles. The van der Waals surface area contributed by atoms with Crippen molar-refractivity contribution in [3.8, 4) is 0 Å². The fraction of sp³-hybridized carbons (Fsp3) is 0.0556. The van der Waals surface area contributed by atoms with Crippen LogP contribution in [0.3, 0.4) is 0 Å². The number of halogens is 1. The molecule has 0 fully saturated rings. The number of rotatable bonds is 3. The molecular weight excluding hydrogens is 300 g/mol. The van der Waals surface area contributed by atoms with E-state index in [-0.39, 0.29) is 29.3 Å². The fourth-order valence-corrected chi connectivity index (χ4v) is 2.63. The monoisotopic (exact) mass is 310 g/mol. The van der Waals surface area contributed by atoms with E-state index in [0.29, 0.717) is 21.7 Å². The highest BCUT2D eigenvalue weighted by Gasteiger charge is 2.26. The Balaban J connectivity index is 1.89. The van der Waals surface area contributed by atoms with Crippen LogP contribution in [0.2, 0.25) is 5.02 Å². The first-order chi connectivity index (χ1) is 10.6. The Morgan fingerprint density at radius 1 is 0.955 bits per heavy atom. The predicted molar refractivity (Wildman–Crippen MR) is 83.6 cm³/mol. The summed E-state index contributed by atoms with van der Waals surface area (Å²) < 4.78 is 0. The normalized spacial score (nSPS) is 13.6. The molecule has 1 aliphatic rings.